The van der Waals surface area contributed by atoms with E-state index in [-0.39, 0.29) is 5.91 Å². The summed E-state index contributed by atoms with van der Waals surface area (Å²) in [6.45, 7) is 0.354. The summed E-state index contributed by atoms with van der Waals surface area (Å²) in [5.41, 5.74) is 0. The molecule has 1 unspecified atom stereocenters. The highest BCUT2D eigenvalue weighted by molar-refractivity contribution is 5.84. The Kier molecular flexibility index (Phi) is 3.06. The Labute approximate surface area is 99.7 Å². The highest BCUT2D eigenvalue weighted by Gasteiger charge is 2.33. The number of quaternary nitrogens is 1. The van der Waals surface area contributed by atoms with Crippen molar-refractivity contribution in [3.05, 3.63) is 30.6 Å². The van der Waals surface area contributed by atoms with E-state index in [9.17, 15) is 4.79 Å². The molecule has 0 saturated heterocycles. The fourth-order valence-electron chi connectivity index (χ4n) is 1.78. The number of aliphatic imine (C=N–C) groups is 1. The van der Waals surface area contributed by atoms with Crippen LogP contribution in [0.15, 0.2) is 29.8 Å². The summed E-state index contributed by atoms with van der Waals surface area (Å²) >= 11 is 0. The third-order valence-corrected chi connectivity index (χ3v) is 2.84. The molecule has 1 aromatic rings. The minimum Gasteiger partial charge on any atom is -0.354 e. The van der Waals surface area contributed by atoms with E-state index in [2.05, 4.69) is 20.3 Å². The molecule has 2 N–H and O–H groups in total. The number of nitrogens with one attached hydrogen (secondary N) is 2. The van der Waals surface area contributed by atoms with Gasteiger partial charge in [-0.1, -0.05) is 0 Å². The van der Waals surface area contributed by atoms with E-state index in [0.29, 0.717) is 17.4 Å². The van der Waals surface area contributed by atoms with Gasteiger partial charge >= 0.3 is 0 Å². The smallest absolute Gasteiger partial charge is 0.275 e. The van der Waals surface area contributed by atoms with Crippen LogP contribution in [-0.4, -0.2) is 46.8 Å². The number of imidazole rings is 1. The minimum absolute atomic E-state index is 0.00815. The second-order valence-electron chi connectivity index (χ2n) is 4.16. The summed E-state index contributed by atoms with van der Waals surface area (Å²) in [5.74, 6) is 1.75. The van der Waals surface area contributed by atoms with E-state index < -0.39 is 0 Å². The van der Waals surface area contributed by atoms with Crippen LogP contribution >= 0.6 is 0 Å². The second kappa shape index (κ2) is 4.50. The van der Waals surface area contributed by atoms with Gasteiger partial charge in [0.2, 0.25) is 5.84 Å². The Hall–Kier alpha value is -1.95. The van der Waals surface area contributed by atoms with Gasteiger partial charge in [0.1, 0.15) is 18.4 Å². The maximum Gasteiger partial charge on any atom is 0.275 e. The molecule has 0 spiro atoms. The van der Waals surface area contributed by atoms with Crippen LogP contribution in [0, 0.1) is 0 Å². The second-order valence-corrected chi connectivity index (χ2v) is 4.16. The van der Waals surface area contributed by atoms with Gasteiger partial charge in [0.25, 0.3) is 5.91 Å². The molecule has 1 aliphatic rings. The van der Waals surface area contributed by atoms with Gasteiger partial charge < -0.3 is 10.3 Å². The molecule has 1 aliphatic heterocycles. The number of hydrogen-bond acceptors (Lipinski definition) is 3. The van der Waals surface area contributed by atoms with Crippen molar-refractivity contribution in [3.8, 4) is 0 Å². The maximum atomic E-state index is 11.5. The van der Waals surface area contributed by atoms with Crippen LogP contribution < -0.4 is 5.32 Å². The number of rotatable bonds is 4. The number of amidine groups is 1. The molecule has 6 heteroatoms. The molecule has 1 aromatic heterocycles. The fraction of sp³-hybridized carbons (Fsp3) is 0.364. The van der Waals surface area contributed by atoms with E-state index in [1.807, 2.05) is 13.2 Å². The van der Waals surface area contributed by atoms with Crippen LogP contribution in [0.1, 0.15) is 5.82 Å². The van der Waals surface area contributed by atoms with Crippen molar-refractivity contribution in [2.24, 2.45) is 4.99 Å². The molecule has 0 saturated carbocycles. The third-order valence-electron chi connectivity index (χ3n) is 2.84. The lowest BCUT2D eigenvalue weighted by molar-refractivity contribution is -0.755. The number of H-pyrrole nitrogens is 1. The van der Waals surface area contributed by atoms with Crippen LogP contribution in [-0.2, 0) is 11.2 Å². The first-order valence-corrected chi connectivity index (χ1v) is 5.43. The van der Waals surface area contributed by atoms with Gasteiger partial charge in [0.15, 0.2) is 6.54 Å². The van der Waals surface area contributed by atoms with E-state index in [0.717, 1.165) is 11.7 Å². The predicted molar refractivity (Wildman–Crippen MR) is 64.0 cm³/mol. The molecule has 0 aromatic carbocycles. The predicted octanol–water partition coefficient (Wildman–Crippen LogP) is 0.0281. The van der Waals surface area contributed by atoms with Crippen molar-refractivity contribution < 1.29 is 9.28 Å². The van der Waals surface area contributed by atoms with Gasteiger partial charge in [-0.25, -0.2) is 14.5 Å². The monoisotopic (exact) mass is 234 g/mol. The van der Waals surface area contributed by atoms with Crippen LogP contribution in [0.25, 0.3) is 0 Å². The molecule has 90 valence electrons. The topological polar surface area (TPSA) is 70.1 Å². The zero-order valence-electron chi connectivity index (χ0n) is 9.97. The molecule has 6 nitrogen and oxygen atoms in total. The number of amides is 1. The summed E-state index contributed by atoms with van der Waals surface area (Å²) in [4.78, 5) is 23.0. The number of aromatic amines is 1. The van der Waals surface area contributed by atoms with Crippen molar-refractivity contribution in [2.75, 3.05) is 20.6 Å². The van der Waals surface area contributed by atoms with E-state index in [1.54, 1.807) is 25.6 Å². The van der Waals surface area contributed by atoms with Gasteiger partial charge in [0, 0.05) is 19.4 Å². The quantitative estimate of drug-likeness (QED) is 0.721. The number of carbonyl (C=O) groups excluding carboxylic acids is 1. The lowest BCUT2D eigenvalue weighted by Gasteiger charge is -2.26. The zero-order valence-corrected chi connectivity index (χ0v) is 9.97. The van der Waals surface area contributed by atoms with Crippen molar-refractivity contribution in [1.29, 1.82) is 0 Å². The maximum absolute atomic E-state index is 11.5. The van der Waals surface area contributed by atoms with Gasteiger partial charge in [0.05, 0.1) is 13.2 Å². The van der Waals surface area contributed by atoms with Gasteiger partial charge in [-0.05, 0) is 0 Å². The Morgan fingerprint density at radius 3 is 3.06 bits per heavy atom. The fourth-order valence-corrected chi connectivity index (χ4v) is 1.78. The summed E-state index contributed by atoms with van der Waals surface area (Å²) in [6, 6.07) is 0. The Morgan fingerprint density at radius 1 is 1.59 bits per heavy atom. The van der Waals surface area contributed by atoms with E-state index in [1.165, 1.54) is 0 Å². The molecule has 1 amide bonds. The normalized spacial score (nSPS) is 22.6. The van der Waals surface area contributed by atoms with Crippen molar-refractivity contribution in [3.63, 3.8) is 0 Å². The molecule has 0 fully saturated rings. The van der Waals surface area contributed by atoms with Crippen molar-refractivity contribution in [1.82, 2.24) is 15.3 Å². The Balaban J connectivity index is 2.10. The van der Waals surface area contributed by atoms with Crippen LogP contribution in [0.5, 0.6) is 0 Å². The molecular weight excluding hydrogens is 218 g/mol. The lowest BCUT2D eigenvalue weighted by Crippen LogP contribution is -2.49. The molecule has 2 rings (SSSR count). The third kappa shape index (κ3) is 2.42. The average Bonchev–Trinajstić information content (AvgIpc) is 2.91. The number of aromatic nitrogens is 2. The Morgan fingerprint density at radius 2 is 2.41 bits per heavy atom. The summed E-state index contributed by atoms with van der Waals surface area (Å²) in [5, 5.41) is 2.63. The molecule has 0 aliphatic carbocycles. The van der Waals surface area contributed by atoms with Gasteiger partial charge in [-0.2, -0.15) is 0 Å². The summed E-state index contributed by atoms with van der Waals surface area (Å²) in [7, 11) is 3.60. The summed E-state index contributed by atoms with van der Waals surface area (Å²) < 4.78 is 0.403. The van der Waals surface area contributed by atoms with E-state index >= 15 is 0 Å². The first-order valence-electron chi connectivity index (χ1n) is 5.43. The largest absolute Gasteiger partial charge is 0.354 e. The summed E-state index contributed by atoms with van der Waals surface area (Å²) in [6.07, 6.45) is 7.75. The van der Waals surface area contributed by atoms with Crippen LogP contribution in [0.4, 0.5) is 0 Å². The molecular formula is C11H16N5O+. The highest BCUT2D eigenvalue weighted by Crippen LogP contribution is 2.15. The Bertz CT molecular complexity index is 462. The highest BCUT2D eigenvalue weighted by atomic mass is 16.2. The van der Waals surface area contributed by atoms with Gasteiger partial charge in [-0.15, -0.1) is 0 Å². The standard InChI is InChI=1S/C11H15N5O/c1-12-11(17)8-16(2)6-5-15-10(16)7-9-13-3-4-14-9/h3-6H,7-8H2,1-2H3,(H-,12,13,14,17)/p+1. The van der Waals surface area contributed by atoms with Crippen molar-refractivity contribution in [2.45, 2.75) is 6.42 Å². The van der Waals surface area contributed by atoms with Crippen LogP contribution in [0.3, 0.4) is 0 Å². The SMILES string of the molecule is CNC(=O)C[N+]1(C)C=CN=C1Cc1ncc[nH]1. The zero-order chi connectivity index (χ0) is 12.3. The van der Waals surface area contributed by atoms with E-state index in [4.69, 9.17) is 0 Å². The molecule has 1 atom stereocenters. The number of likely N-dealkylation sites (N-methyl/N-ethyl adjacent to an activating group) is 2. The van der Waals surface area contributed by atoms with Crippen LogP contribution in [0.2, 0.25) is 0 Å². The lowest BCUT2D eigenvalue weighted by atomic mass is 10.3. The number of carbonyl (C=O) groups is 1. The molecule has 0 radical (unpaired) electrons. The van der Waals surface area contributed by atoms with Crippen molar-refractivity contribution >= 4 is 11.7 Å². The number of hydrogen-bond donors (Lipinski definition) is 2. The average molecular weight is 234 g/mol. The minimum atomic E-state index is -0.00815. The molecule has 0 bridgehead atoms. The first-order chi connectivity index (χ1) is 8.14. The van der Waals surface area contributed by atoms with Gasteiger partial charge in [-0.3, -0.25) is 4.79 Å². The first kappa shape index (κ1) is 11.5. The number of nitrogens with zero attached hydrogens (tertiary/aromatic N) is 3. The molecule has 17 heavy (non-hydrogen) atoms. The molecule has 2 heterocycles.